The van der Waals surface area contributed by atoms with Crippen molar-refractivity contribution < 1.29 is 9.53 Å². The van der Waals surface area contributed by atoms with E-state index in [1.165, 1.54) is 0 Å². The summed E-state index contributed by atoms with van der Waals surface area (Å²) in [5, 5.41) is 0. The zero-order valence-corrected chi connectivity index (χ0v) is 13.5. The van der Waals surface area contributed by atoms with Crippen molar-refractivity contribution in [1.29, 1.82) is 0 Å². The van der Waals surface area contributed by atoms with E-state index in [0.717, 1.165) is 15.6 Å². The second kappa shape index (κ2) is 6.23. The van der Waals surface area contributed by atoms with Crippen molar-refractivity contribution in [2.75, 3.05) is 6.61 Å². The van der Waals surface area contributed by atoms with E-state index >= 15 is 0 Å². The van der Waals surface area contributed by atoms with Crippen molar-refractivity contribution in [2.24, 2.45) is 0 Å². The Kier molecular flexibility index (Phi) is 4.61. The van der Waals surface area contributed by atoms with Gasteiger partial charge in [0, 0.05) is 10.0 Å². The standard InChI is InChI=1S/C17H17BrO2/c1-4-20-16-6-5-11(2)9-15(16)17(19)13-7-12(3)8-14(18)10-13/h5-10H,4H2,1-3H3. The molecule has 0 aliphatic carbocycles. The third-order valence-electron chi connectivity index (χ3n) is 2.98. The van der Waals surface area contributed by atoms with Gasteiger partial charge in [-0.2, -0.15) is 0 Å². The summed E-state index contributed by atoms with van der Waals surface area (Å²) < 4.78 is 6.47. The molecule has 2 nitrogen and oxygen atoms in total. The number of carbonyl (C=O) groups excluding carboxylic acids is 1. The highest BCUT2D eigenvalue weighted by molar-refractivity contribution is 9.10. The number of hydrogen-bond donors (Lipinski definition) is 0. The SMILES string of the molecule is CCOc1ccc(C)cc1C(=O)c1cc(C)cc(Br)c1. The Balaban J connectivity index is 2.49. The number of hydrogen-bond acceptors (Lipinski definition) is 2. The lowest BCUT2D eigenvalue weighted by molar-refractivity contribution is 0.103. The first kappa shape index (κ1) is 14.8. The summed E-state index contributed by atoms with van der Waals surface area (Å²) in [6.45, 7) is 6.40. The van der Waals surface area contributed by atoms with Crippen LogP contribution in [0.15, 0.2) is 40.9 Å². The summed E-state index contributed by atoms with van der Waals surface area (Å²) in [7, 11) is 0. The quantitative estimate of drug-likeness (QED) is 0.759. The maximum atomic E-state index is 12.7. The molecule has 0 heterocycles. The van der Waals surface area contributed by atoms with Crippen LogP contribution in [0, 0.1) is 13.8 Å². The van der Waals surface area contributed by atoms with E-state index in [0.29, 0.717) is 23.5 Å². The topological polar surface area (TPSA) is 26.3 Å². The van der Waals surface area contributed by atoms with Gasteiger partial charge in [0.2, 0.25) is 0 Å². The third-order valence-corrected chi connectivity index (χ3v) is 3.44. The molecule has 2 aromatic rings. The molecular formula is C17H17BrO2. The van der Waals surface area contributed by atoms with Crippen molar-refractivity contribution in [3.63, 3.8) is 0 Å². The molecule has 0 N–H and O–H groups in total. The Morgan fingerprint density at radius 3 is 2.50 bits per heavy atom. The number of carbonyl (C=O) groups is 1. The van der Waals surface area contributed by atoms with Gasteiger partial charge in [0.15, 0.2) is 5.78 Å². The van der Waals surface area contributed by atoms with E-state index in [1.54, 1.807) is 0 Å². The van der Waals surface area contributed by atoms with Gasteiger partial charge in [-0.05, 0) is 56.7 Å². The van der Waals surface area contributed by atoms with Crippen LogP contribution >= 0.6 is 15.9 Å². The minimum Gasteiger partial charge on any atom is -0.493 e. The Morgan fingerprint density at radius 1 is 1.10 bits per heavy atom. The highest BCUT2D eigenvalue weighted by Crippen LogP contribution is 2.25. The monoisotopic (exact) mass is 332 g/mol. The third kappa shape index (κ3) is 3.28. The number of ether oxygens (including phenoxy) is 1. The molecule has 0 aliphatic heterocycles. The van der Waals surface area contributed by atoms with Crippen LogP contribution in [-0.4, -0.2) is 12.4 Å². The fraction of sp³-hybridized carbons (Fsp3) is 0.235. The molecule has 0 atom stereocenters. The van der Waals surface area contributed by atoms with Crippen molar-refractivity contribution in [2.45, 2.75) is 20.8 Å². The minimum absolute atomic E-state index is 0.0125. The van der Waals surface area contributed by atoms with Gasteiger partial charge < -0.3 is 4.74 Å². The van der Waals surface area contributed by atoms with Crippen LogP contribution in [0.3, 0.4) is 0 Å². The molecular weight excluding hydrogens is 316 g/mol. The zero-order valence-electron chi connectivity index (χ0n) is 11.9. The largest absolute Gasteiger partial charge is 0.493 e. The summed E-state index contributed by atoms with van der Waals surface area (Å²) in [6.07, 6.45) is 0. The van der Waals surface area contributed by atoms with Gasteiger partial charge in [0.25, 0.3) is 0 Å². The summed E-state index contributed by atoms with van der Waals surface area (Å²) >= 11 is 3.43. The first-order valence-corrected chi connectivity index (χ1v) is 7.36. The van der Waals surface area contributed by atoms with E-state index in [2.05, 4.69) is 15.9 Å². The molecule has 0 unspecified atom stereocenters. The first-order chi connectivity index (χ1) is 9.51. The van der Waals surface area contributed by atoms with E-state index in [9.17, 15) is 4.79 Å². The highest BCUT2D eigenvalue weighted by Gasteiger charge is 2.15. The summed E-state index contributed by atoms with van der Waals surface area (Å²) in [5.74, 6) is 0.627. The van der Waals surface area contributed by atoms with Crippen LogP contribution < -0.4 is 4.74 Å². The maximum Gasteiger partial charge on any atom is 0.196 e. The number of ketones is 1. The van der Waals surface area contributed by atoms with Crippen molar-refractivity contribution in [1.82, 2.24) is 0 Å². The van der Waals surface area contributed by atoms with Crippen LogP contribution in [0.5, 0.6) is 5.75 Å². The minimum atomic E-state index is -0.0125. The molecule has 0 saturated carbocycles. The van der Waals surface area contributed by atoms with Crippen LogP contribution in [-0.2, 0) is 0 Å². The molecule has 3 heteroatoms. The molecule has 0 amide bonds. The number of aryl methyl sites for hydroxylation is 2. The summed E-state index contributed by atoms with van der Waals surface area (Å²) in [4.78, 5) is 12.7. The summed E-state index contributed by atoms with van der Waals surface area (Å²) in [6, 6.07) is 11.4. The average molecular weight is 333 g/mol. The smallest absolute Gasteiger partial charge is 0.196 e. The van der Waals surface area contributed by atoms with Crippen molar-refractivity contribution >= 4 is 21.7 Å². The fourth-order valence-electron chi connectivity index (χ4n) is 2.13. The number of halogens is 1. The Morgan fingerprint density at radius 2 is 1.85 bits per heavy atom. The van der Waals surface area contributed by atoms with Gasteiger partial charge in [0.05, 0.1) is 12.2 Å². The number of benzene rings is 2. The molecule has 0 bridgehead atoms. The normalized spacial score (nSPS) is 10.4. The van der Waals surface area contributed by atoms with Crippen LogP contribution in [0.1, 0.15) is 34.0 Å². The van der Waals surface area contributed by atoms with Gasteiger partial charge in [-0.1, -0.05) is 27.6 Å². The molecule has 20 heavy (non-hydrogen) atoms. The molecule has 0 saturated heterocycles. The molecule has 0 aliphatic rings. The number of rotatable bonds is 4. The van der Waals surface area contributed by atoms with Gasteiger partial charge in [0.1, 0.15) is 5.75 Å². The predicted molar refractivity (Wildman–Crippen MR) is 84.7 cm³/mol. The Bertz CT molecular complexity index is 627. The second-order valence-electron chi connectivity index (χ2n) is 4.78. The molecule has 104 valence electrons. The maximum absolute atomic E-state index is 12.7. The van der Waals surface area contributed by atoms with Crippen molar-refractivity contribution in [3.05, 3.63) is 63.1 Å². The van der Waals surface area contributed by atoms with Crippen molar-refractivity contribution in [3.8, 4) is 5.75 Å². The van der Waals surface area contributed by atoms with E-state index in [1.807, 2.05) is 57.2 Å². The molecule has 0 spiro atoms. The van der Waals surface area contributed by atoms with Crippen LogP contribution in [0.4, 0.5) is 0 Å². The van der Waals surface area contributed by atoms with E-state index in [4.69, 9.17) is 4.74 Å². The molecule has 0 radical (unpaired) electrons. The lowest BCUT2D eigenvalue weighted by atomic mass is 9.99. The van der Waals surface area contributed by atoms with Crippen LogP contribution in [0.25, 0.3) is 0 Å². The van der Waals surface area contributed by atoms with E-state index in [-0.39, 0.29) is 5.78 Å². The molecule has 0 aromatic heterocycles. The highest BCUT2D eigenvalue weighted by atomic mass is 79.9. The second-order valence-corrected chi connectivity index (χ2v) is 5.69. The van der Waals surface area contributed by atoms with Crippen LogP contribution in [0.2, 0.25) is 0 Å². The Hall–Kier alpha value is -1.61. The van der Waals surface area contributed by atoms with E-state index < -0.39 is 0 Å². The molecule has 2 aromatic carbocycles. The van der Waals surface area contributed by atoms with Gasteiger partial charge in [-0.15, -0.1) is 0 Å². The first-order valence-electron chi connectivity index (χ1n) is 6.56. The lowest BCUT2D eigenvalue weighted by Crippen LogP contribution is -2.06. The van der Waals surface area contributed by atoms with Gasteiger partial charge >= 0.3 is 0 Å². The zero-order chi connectivity index (χ0) is 14.7. The predicted octanol–water partition coefficient (Wildman–Crippen LogP) is 4.70. The molecule has 2 rings (SSSR count). The fourth-order valence-corrected chi connectivity index (χ4v) is 2.73. The summed E-state index contributed by atoms with van der Waals surface area (Å²) in [5.41, 5.74) is 3.38. The van der Waals surface area contributed by atoms with Gasteiger partial charge in [-0.25, -0.2) is 0 Å². The average Bonchev–Trinajstić information content (AvgIpc) is 2.39. The van der Waals surface area contributed by atoms with Gasteiger partial charge in [-0.3, -0.25) is 4.79 Å². The lowest BCUT2D eigenvalue weighted by Gasteiger charge is -2.11. The molecule has 0 fully saturated rings. The Labute approximate surface area is 127 Å².